The fourth-order valence-electron chi connectivity index (χ4n) is 1.34. The molecule has 5 heteroatoms. The van der Waals surface area contributed by atoms with Crippen molar-refractivity contribution in [3.63, 3.8) is 0 Å². The van der Waals surface area contributed by atoms with Crippen molar-refractivity contribution >= 4 is 0 Å². The van der Waals surface area contributed by atoms with Gasteiger partial charge in [-0.05, 0) is 17.7 Å². The van der Waals surface area contributed by atoms with E-state index in [4.69, 9.17) is 5.26 Å². The Morgan fingerprint density at radius 2 is 2.31 bits per heavy atom. The third kappa shape index (κ3) is 2.65. The monoisotopic (exact) mass is 214 g/mol. The molecule has 0 spiro atoms. The van der Waals surface area contributed by atoms with E-state index in [1.165, 1.54) is 6.39 Å². The SMILES string of the molecule is N#Cc1cccc(CNCc2ncon2)c1. The van der Waals surface area contributed by atoms with Crippen LogP contribution in [0.15, 0.2) is 35.2 Å². The number of nitrogens with zero attached hydrogens (tertiary/aromatic N) is 3. The molecule has 0 fully saturated rings. The lowest BCUT2D eigenvalue weighted by Gasteiger charge is -2.02. The van der Waals surface area contributed by atoms with E-state index in [9.17, 15) is 0 Å². The van der Waals surface area contributed by atoms with Crippen molar-refractivity contribution in [2.24, 2.45) is 0 Å². The van der Waals surface area contributed by atoms with Crippen LogP contribution < -0.4 is 5.32 Å². The summed E-state index contributed by atoms with van der Waals surface area (Å²) in [5.41, 5.74) is 1.72. The first-order valence-electron chi connectivity index (χ1n) is 4.83. The molecule has 1 aromatic carbocycles. The molecule has 0 amide bonds. The van der Waals surface area contributed by atoms with Gasteiger partial charge in [0, 0.05) is 6.54 Å². The van der Waals surface area contributed by atoms with Gasteiger partial charge in [0.05, 0.1) is 18.2 Å². The largest absolute Gasteiger partial charge is 0.343 e. The van der Waals surface area contributed by atoms with Crippen LogP contribution in [-0.4, -0.2) is 10.1 Å². The van der Waals surface area contributed by atoms with Crippen LogP contribution in [0.25, 0.3) is 0 Å². The number of rotatable bonds is 4. The van der Waals surface area contributed by atoms with Crippen molar-refractivity contribution in [1.82, 2.24) is 15.5 Å². The molecule has 0 radical (unpaired) electrons. The van der Waals surface area contributed by atoms with E-state index < -0.39 is 0 Å². The maximum Gasteiger partial charge on any atom is 0.213 e. The van der Waals surface area contributed by atoms with Crippen LogP contribution in [0.3, 0.4) is 0 Å². The van der Waals surface area contributed by atoms with Gasteiger partial charge in [-0.2, -0.15) is 10.2 Å². The summed E-state index contributed by atoms with van der Waals surface area (Å²) in [6.45, 7) is 1.22. The summed E-state index contributed by atoms with van der Waals surface area (Å²) in [4.78, 5) is 3.89. The Morgan fingerprint density at radius 1 is 1.38 bits per heavy atom. The first-order chi connectivity index (χ1) is 7.88. The predicted octanol–water partition coefficient (Wildman–Crippen LogP) is 1.23. The van der Waals surface area contributed by atoms with Crippen molar-refractivity contribution < 1.29 is 4.52 Å². The van der Waals surface area contributed by atoms with E-state index in [0.717, 1.165) is 5.56 Å². The lowest BCUT2D eigenvalue weighted by Crippen LogP contribution is -2.13. The molecule has 1 aromatic heterocycles. The molecule has 1 heterocycles. The van der Waals surface area contributed by atoms with Crippen LogP contribution in [0.5, 0.6) is 0 Å². The van der Waals surface area contributed by atoms with E-state index in [-0.39, 0.29) is 0 Å². The van der Waals surface area contributed by atoms with Crippen LogP contribution in [0.2, 0.25) is 0 Å². The molecule has 1 N–H and O–H groups in total. The molecule has 0 atom stereocenters. The van der Waals surface area contributed by atoms with Gasteiger partial charge >= 0.3 is 0 Å². The molecular weight excluding hydrogens is 204 g/mol. The van der Waals surface area contributed by atoms with Crippen molar-refractivity contribution in [2.45, 2.75) is 13.1 Å². The Morgan fingerprint density at radius 3 is 3.06 bits per heavy atom. The standard InChI is InChI=1S/C11H10N4O/c12-5-9-2-1-3-10(4-9)6-13-7-11-14-8-16-15-11/h1-4,8,13H,6-7H2. The molecule has 16 heavy (non-hydrogen) atoms. The highest BCUT2D eigenvalue weighted by Gasteiger charge is 1.98. The fourth-order valence-corrected chi connectivity index (χ4v) is 1.34. The quantitative estimate of drug-likeness (QED) is 0.828. The van der Waals surface area contributed by atoms with Crippen molar-refractivity contribution in [3.8, 4) is 6.07 Å². The predicted molar refractivity (Wildman–Crippen MR) is 56.0 cm³/mol. The van der Waals surface area contributed by atoms with Gasteiger partial charge in [0.25, 0.3) is 0 Å². The molecule has 0 bridgehead atoms. The maximum absolute atomic E-state index is 8.73. The fraction of sp³-hybridized carbons (Fsp3) is 0.182. The first kappa shape index (κ1) is 10.3. The van der Waals surface area contributed by atoms with Crippen LogP contribution in [0.1, 0.15) is 17.0 Å². The molecule has 0 aliphatic rings. The number of hydrogen-bond acceptors (Lipinski definition) is 5. The van der Waals surface area contributed by atoms with E-state index in [2.05, 4.69) is 26.0 Å². The van der Waals surface area contributed by atoms with Gasteiger partial charge in [0.1, 0.15) is 0 Å². The normalized spacial score (nSPS) is 9.94. The van der Waals surface area contributed by atoms with Gasteiger partial charge in [-0.15, -0.1) is 0 Å². The second kappa shape index (κ2) is 5.05. The number of benzene rings is 1. The molecule has 5 nitrogen and oxygen atoms in total. The lowest BCUT2D eigenvalue weighted by molar-refractivity contribution is 0.407. The second-order valence-electron chi connectivity index (χ2n) is 3.26. The van der Waals surface area contributed by atoms with E-state index in [0.29, 0.717) is 24.5 Å². The maximum atomic E-state index is 8.73. The van der Waals surface area contributed by atoms with Crippen LogP contribution in [0, 0.1) is 11.3 Å². The van der Waals surface area contributed by atoms with E-state index >= 15 is 0 Å². The van der Waals surface area contributed by atoms with E-state index in [1.54, 1.807) is 6.07 Å². The van der Waals surface area contributed by atoms with Crippen molar-refractivity contribution in [1.29, 1.82) is 5.26 Å². The summed E-state index contributed by atoms with van der Waals surface area (Å²) in [5.74, 6) is 0.622. The average Bonchev–Trinajstić information content (AvgIpc) is 2.82. The minimum atomic E-state index is 0.549. The molecule has 80 valence electrons. The molecular formula is C11H10N4O. The summed E-state index contributed by atoms with van der Waals surface area (Å²) < 4.78 is 4.61. The number of nitriles is 1. The Hall–Kier alpha value is -2.19. The van der Waals surface area contributed by atoms with Crippen LogP contribution in [0.4, 0.5) is 0 Å². The molecule has 0 saturated carbocycles. The highest BCUT2D eigenvalue weighted by atomic mass is 16.5. The summed E-state index contributed by atoms with van der Waals surface area (Å²) in [6, 6.07) is 9.56. The minimum Gasteiger partial charge on any atom is -0.343 e. The number of aromatic nitrogens is 2. The summed E-state index contributed by atoms with van der Waals surface area (Å²) in [6.07, 6.45) is 1.30. The average molecular weight is 214 g/mol. The zero-order chi connectivity index (χ0) is 11.2. The lowest BCUT2D eigenvalue weighted by atomic mass is 10.1. The third-order valence-electron chi connectivity index (χ3n) is 2.08. The first-order valence-corrected chi connectivity index (χ1v) is 4.83. The second-order valence-corrected chi connectivity index (χ2v) is 3.26. The number of hydrogen-bond donors (Lipinski definition) is 1. The van der Waals surface area contributed by atoms with Crippen molar-refractivity contribution in [3.05, 3.63) is 47.6 Å². The van der Waals surface area contributed by atoms with Gasteiger partial charge in [-0.3, -0.25) is 0 Å². The molecule has 2 rings (SSSR count). The Kier molecular flexibility index (Phi) is 3.26. The number of nitrogens with one attached hydrogen (secondary N) is 1. The van der Waals surface area contributed by atoms with Crippen LogP contribution >= 0.6 is 0 Å². The highest BCUT2D eigenvalue weighted by Crippen LogP contribution is 2.03. The van der Waals surface area contributed by atoms with Crippen LogP contribution in [-0.2, 0) is 13.1 Å². The highest BCUT2D eigenvalue weighted by molar-refractivity contribution is 5.32. The minimum absolute atomic E-state index is 0.549. The molecule has 0 aliphatic carbocycles. The molecule has 2 aromatic rings. The topological polar surface area (TPSA) is 74.7 Å². The summed E-state index contributed by atoms with van der Waals surface area (Å²) in [5, 5.41) is 15.6. The van der Waals surface area contributed by atoms with Gasteiger partial charge in [-0.25, -0.2) is 0 Å². The summed E-state index contributed by atoms with van der Waals surface area (Å²) in [7, 11) is 0. The molecule has 0 aliphatic heterocycles. The van der Waals surface area contributed by atoms with E-state index in [1.807, 2.05) is 18.2 Å². The molecule has 0 unspecified atom stereocenters. The zero-order valence-corrected chi connectivity index (χ0v) is 8.55. The van der Waals surface area contributed by atoms with Gasteiger partial charge < -0.3 is 9.84 Å². The van der Waals surface area contributed by atoms with Gasteiger partial charge in [0.15, 0.2) is 5.82 Å². The Balaban J connectivity index is 1.88. The summed E-state index contributed by atoms with van der Waals surface area (Å²) >= 11 is 0. The Bertz CT molecular complexity index is 487. The Labute approximate surface area is 92.7 Å². The smallest absolute Gasteiger partial charge is 0.213 e. The van der Waals surface area contributed by atoms with Gasteiger partial charge in [0.2, 0.25) is 6.39 Å². The van der Waals surface area contributed by atoms with Crippen molar-refractivity contribution in [2.75, 3.05) is 0 Å². The van der Waals surface area contributed by atoms with Gasteiger partial charge in [-0.1, -0.05) is 17.3 Å². The third-order valence-corrected chi connectivity index (χ3v) is 2.08. The molecule has 0 saturated heterocycles. The zero-order valence-electron chi connectivity index (χ0n) is 8.55.